The fraction of sp³-hybridized carbons (Fsp3) is 0.300. The van der Waals surface area contributed by atoms with Crippen LogP contribution in [0.1, 0.15) is 34.3 Å². The van der Waals surface area contributed by atoms with Crippen molar-refractivity contribution < 1.29 is 9.59 Å². The summed E-state index contributed by atoms with van der Waals surface area (Å²) in [6, 6.07) is 16.0. The summed E-state index contributed by atoms with van der Waals surface area (Å²) in [5.74, 6) is -0.0891. The van der Waals surface area contributed by atoms with Crippen LogP contribution < -0.4 is 16.0 Å². The molecule has 1 aliphatic carbocycles. The van der Waals surface area contributed by atoms with Crippen molar-refractivity contribution in [3.63, 3.8) is 0 Å². The van der Waals surface area contributed by atoms with Crippen molar-refractivity contribution in [1.29, 1.82) is 0 Å². The molecule has 1 aliphatic heterocycles. The predicted molar refractivity (Wildman–Crippen MR) is 96.5 cm³/mol. The predicted octanol–water partition coefficient (Wildman–Crippen LogP) is 2.19. The van der Waals surface area contributed by atoms with E-state index < -0.39 is 0 Å². The fourth-order valence-corrected chi connectivity index (χ4v) is 3.35. The van der Waals surface area contributed by atoms with E-state index in [9.17, 15) is 9.59 Å². The van der Waals surface area contributed by atoms with Crippen LogP contribution in [0.5, 0.6) is 0 Å². The van der Waals surface area contributed by atoms with Crippen molar-refractivity contribution in [3.05, 3.63) is 65.2 Å². The SMILES string of the molecule is O=C(CNc1ccc2c(c1)C(=O)NC2)NCC1(c2ccccc2)CC1. The lowest BCUT2D eigenvalue weighted by Crippen LogP contribution is -2.35. The molecule has 128 valence electrons. The van der Waals surface area contributed by atoms with Crippen LogP contribution in [0.15, 0.2) is 48.5 Å². The minimum absolute atomic E-state index is 0.0350. The Kier molecular flexibility index (Phi) is 3.92. The lowest BCUT2D eigenvalue weighted by molar-refractivity contribution is -0.119. The van der Waals surface area contributed by atoms with Crippen LogP contribution in [0.3, 0.4) is 0 Å². The molecule has 5 heteroatoms. The highest BCUT2D eigenvalue weighted by Gasteiger charge is 2.44. The van der Waals surface area contributed by atoms with Gasteiger partial charge in [0.05, 0.1) is 6.54 Å². The van der Waals surface area contributed by atoms with Gasteiger partial charge in [-0.15, -0.1) is 0 Å². The number of hydrogen-bond donors (Lipinski definition) is 3. The Morgan fingerprint density at radius 3 is 2.68 bits per heavy atom. The largest absolute Gasteiger partial charge is 0.376 e. The first-order chi connectivity index (χ1) is 12.2. The van der Waals surface area contributed by atoms with E-state index in [1.807, 2.05) is 30.3 Å². The summed E-state index contributed by atoms with van der Waals surface area (Å²) in [6.07, 6.45) is 2.23. The lowest BCUT2D eigenvalue weighted by Gasteiger charge is -2.17. The van der Waals surface area contributed by atoms with Crippen LogP contribution in [-0.2, 0) is 16.8 Å². The van der Waals surface area contributed by atoms with Gasteiger partial charge < -0.3 is 16.0 Å². The molecule has 1 heterocycles. The molecule has 0 aromatic heterocycles. The van der Waals surface area contributed by atoms with Gasteiger partial charge in [0.15, 0.2) is 0 Å². The third-order valence-corrected chi connectivity index (χ3v) is 5.11. The number of hydrogen-bond acceptors (Lipinski definition) is 3. The second kappa shape index (κ2) is 6.24. The average molecular weight is 335 g/mol. The summed E-state index contributed by atoms with van der Waals surface area (Å²) in [6.45, 7) is 1.45. The summed E-state index contributed by atoms with van der Waals surface area (Å²) in [5, 5.41) is 8.92. The molecule has 1 saturated carbocycles. The van der Waals surface area contributed by atoms with Crippen molar-refractivity contribution in [2.45, 2.75) is 24.8 Å². The molecule has 0 radical (unpaired) electrons. The summed E-state index contributed by atoms with van der Waals surface area (Å²) in [5.41, 5.74) is 3.88. The number of carbonyl (C=O) groups excluding carboxylic acids is 2. The molecule has 4 rings (SSSR count). The molecule has 25 heavy (non-hydrogen) atoms. The zero-order valence-electron chi connectivity index (χ0n) is 14.0. The Morgan fingerprint density at radius 1 is 1.12 bits per heavy atom. The molecule has 3 N–H and O–H groups in total. The first kappa shape index (κ1) is 15.7. The Balaban J connectivity index is 1.30. The molecule has 1 fully saturated rings. The maximum Gasteiger partial charge on any atom is 0.251 e. The van der Waals surface area contributed by atoms with E-state index in [0.717, 1.165) is 24.1 Å². The van der Waals surface area contributed by atoms with Crippen LogP contribution >= 0.6 is 0 Å². The first-order valence-electron chi connectivity index (χ1n) is 8.64. The van der Waals surface area contributed by atoms with Gasteiger partial charge in [-0.2, -0.15) is 0 Å². The third kappa shape index (κ3) is 3.22. The van der Waals surface area contributed by atoms with Crippen molar-refractivity contribution in [2.24, 2.45) is 0 Å². The average Bonchev–Trinajstić information content (AvgIpc) is 3.37. The molecule has 0 spiro atoms. The van der Waals surface area contributed by atoms with Gasteiger partial charge >= 0.3 is 0 Å². The molecular formula is C20H21N3O2. The fourth-order valence-electron chi connectivity index (χ4n) is 3.35. The molecule has 5 nitrogen and oxygen atoms in total. The van der Waals surface area contributed by atoms with Gasteiger partial charge in [0.2, 0.25) is 5.91 Å². The van der Waals surface area contributed by atoms with Gasteiger partial charge in [-0.25, -0.2) is 0 Å². The van der Waals surface area contributed by atoms with E-state index >= 15 is 0 Å². The van der Waals surface area contributed by atoms with Gasteiger partial charge in [0, 0.05) is 29.8 Å². The monoisotopic (exact) mass is 335 g/mol. The van der Waals surface area contributed by atoms with Crippen LogP contribution in [0.2, 0.25) is 0 Å². The molecular weight excluding hydrogens is 314 g/mol. The number of fused-ring (bicyclic) bond motifs is 1. The van der Waals surface area contributed by atoms with E-state index in [-0.39, 0.29) is 23.8 Å². The molecule has 2 aliphatic rings. The molecule has 2 amide bonds. The van der Waals surface area contributed by atoms with Gasteiger partial charge in [0.25, 0.3) is 5.91 Å². The maximum absolute atomic E-state index is 12.2. The summed E-state index contributed by atoms with van der Waals surface area (Å²) < 4.78 is 0. The Hall–Kier alpha value is -2.82. The summed E-state index contributed by atoms with van der Waals surface area (Å²) in [4.78, 5) is 23.9. The standard InChI is InChI=1S/C20H21N3O2/c24-18(23-13-20(8-9-20)15-4-2-1-3-5-15)12-21-16-7-6-14-11-22-19(25)17(14)10-16/h1-7,10,21H,8-9,11-13H2,(H,22,25)(H,23,24). The highest BCUT2D eigenvalue weighted by molar-refractivity contribution is 5.99. The molecule has 2 aromatic carbocycles. The molecule has 2 aromatic rings. The zero-order chi connectivity index (χ0) is 17.3. The lowest BCUT2D eigenvalue weighted by atomic mass is 9.96. The van der Waals surface area contributed by atoms with Gasteiger partial charge in [0.1, 0.15) is 0 Å². The first-order valence-corrected chi connectivity index (χ1v) is 8.64. The second-order valence-electron chi connectivity index (χ2n) is 6.83. The second-order valence-corrected chi connectivity index (χ2v) is 6.83. The molecule has 0 unspecified atom stereocenters. The topological polar surface area (TPSA) is 70.2 Å². The Morgan fingerprint density at radius 2 is 1.92 bits per heavy atom. The Bertz CT molecular complexity index is 813. The van der Waals surface area contributed by atoms with Crippen molar-refractivity contribution >= 4 is 17.5 Å². The smallest absolute Gasteiger partial charge is 0.251 e. The van der Waals surface area contributed by atoms with Gasteiger partial charge in [-0.05, 0) is 36.1 Å². The van der Waals surface area contributed by atoms with E-state index in [4.69, 9.17) is 0 Å². The highest BCUT2D eigenvalue weighted by Crippen LogP contribution is 2.47. The highest BCUT2D eigenvalue weighted by atomic mass is 16.2. The minimum Gasteiger partial charge on any atom is -0.376 e. The van der Waals surface area contributed by atoms with Crippen molar-refractivity contribution in [3.8, 4) is 0 Å². The third-order valence-electron chi connectivity index (χ3n) is 5.11. The van der Waals surface area contributed by atoms with Gasteiger partial charge in [-0.1, -0.05) is 36.4 Å². The molecule has 0 atom stereocenters. The van der Waals surface area contributed by atoms with Gasteiger partial charge in [-0.3, -0.25) is 9.59 Å². The van der Waals surface area contributed by atoms with E-state index in [2.05, 4.69) is 28.1 Å². The number of anilines is 1. The van der Waals surface area contributed by atoms with Crippen LogP contribution in [0, 0.1) is 0 Å². The maximum atomic E-state index is 12.2. The molecule has 0 saturated heterocycles. The zero-order valence-corrected chi connectivity index (χ0v) is 14.0. The van der Waals surface area contributed by atoms with Crippen LogP contribution in [0.25, 0.3) is 0 Å². The number of amides is 2. The van der Waals surface area contributed by atoms with E-state index in [1.165, 1.54) is 5.56 Å². The number of rotatable bonds is 6. The van der Waals surface area contributed by atoms with E-state index in [1.54, 1.807) is 6.07 Å². The van der Waals surface area contributed by atoms with E-state index in [0.29, 0.717) is 18.7 Å². The number of carbonyl (C=O) groups is 2. The van der Waals surface area contributed by atoms with Crippen LogP contribution in [0.4, 0.5) is 5.69 Å². The Labute approximate surface area is 146 Å². The van der Waals surface area contributed by atoms with Crippen LogP contribution in [-0.4, -0.2) is 24.9 Å². The molecule has 0 bridgehead atoms. The summed E-state index contributed by atoms with van der Waals surface area (Å²) in [7, 11) is 0. The number of nitrogens with one attached hydrogen (secondary N) is 3. The van der Waals surface area contributed by atoms with Crippen molar-refractivity contribution in [1.82, 2.24) is 10.6 Å². The quantitative estimate of drug-likeness (QED) is 0.758. The minimum atomic E-state index is -0.0540. The van der Waals surface area contributed by atoms with Crippen molar-refractivity contribution in [2.75, 3.05) is 18.4 Å². The summed E-state index contributed by atoms with van der Waals surface area (Å²) >= 11 is 0. The number of benzene rings is 2. The normalized spacial score (nSPS) is 16.7.